The van der Waals surface area contributed by atoms with Crippen molar-refractivity contribution in [1.82, 2.24) is 15.5 Å². The molecule has 3 rings (SSSR count). The number of halogens is 3. The highest BCUT2D eigenvalue weighted by Crippen LogP contribution is 2.18. The molecule has 158 valence electrons. The Morgan fingerprint density at radius 3 is 2.75 bits per heavy atom. The zero-order valence-electron chi connectivity index (χ0n) is 16.4. The van der Waals surface area contributed by atoms with Crippen molar-refractivity contribution in [2.24, 2.45) is 10.9 Å². The number of benzene rings is 1. The molecule has 1 atom stereocenters. The molecule has 2 N–H and O–H groups in total. The van der Waals surface area contributed by atoms with Gasteiger partial charge in [0.25, 0.3) is 0 Å². The number of piperidine rings is 1. The molecule has 0 spiro atoms. The summed E-state index contributed by atoms with van der Waals surface area (Å²) in [6.07, 6.45) is 4.17. The van der Waals surface area contributed by atoms with Crippen LogP contribution in [0, 0.1) is 11.7 Å². The Morgan fingerprint density at radius 1 is 1.32 bits per heavy atom. The highest BCUT2D eigenvalue weighted by molar-refractivity contribution is 14.0. The van der Waals surface area contributed by atoms with Crippen molar-refractivity contribution in [3.8, 4) is 0 Å². The topological polar surface area (TPSA) is 48.9 Å². The third-order valence-electron chi connectivity index (χ3n) is 5.39. The summed E-state index contributed by atoms with van der Waals surface area (Å²) >= 11 is 6.08. The van der Waals surface area contributed by atoms with Crippen LogP contribution in [0.3, 0.4) is 0 Å². The molecule has 2 heterocycles. The molecule has 1 unspecified atom stereocenters. The molecule has 0 bridgehead atoms. The van der Waals surface area contributed by atoms with Gasteiger partial charge in [0.1, 0.15) is 5.82 Å². The molecule has 0 radical (unpaired) electrons. The molecule has 2 fully saturated rings. The van der Waals surface area contributed by atoms with Gasteiger partial charge in [0, 0.05) is 50.9 Å². The van der Waals surface area contributed by atoms with E-state index in [0.717, 1.165) is 63.6 Å². The van der Waals surface area contributed by atoms with Crippen LogP contribution in [0.5, 0.6) is 0 Å². The minimum Gasteiger partial charge on any atom is -0.381 e. The van der Waals surface area contributed by atoms with Crippen LogP contribution in [-0.2, 0) is 11.2 Å². The van der Waals surface area contributed by atoms with Crippen LogP contribution >= 0.6 is 35.6 Å². The lowest BCUT2D eigenvalue weighted by atomic mass is 10.0. The number of ether oxygens (including phenoxy) is 1. The maximum absolute atomic E-state index is 13.1. The van der Waals surface area contributed by atoms with Gasteiger partial charge in [0.15, 0.2) is 5.96 Å². The number of likely N-dealkylation sites (tertiary alicyclic amines) is 1. The van der Waals surface area contributed by atoms with E-state index >= 15 is 0 Å². The van der Waals surface area contributed by atoms with Crippen molar-refractivity contribution in [1.29, 1.82) is 0 Å². The second-order valence-electron chi connectivity index (χ2n) is 7.43. The smallest absolute Gasteiger partial charge is 0.191 e. The van der Waals surface area contributed by atoms with Gasteiger partial charge < -0.3 is 20.3 Å². The molecule has 1 aromatic carbocycles. The summed E-state index contributed by atoms with van der Waals surface area (Å²) in [5.74, 6) is 1.22. The van der Waals surface area contributed by atoms with Crippen LogP contribution in [0.2, 0.25) is 5.02 Å². The summed E-state index contributed by atoms with van der Waals surface area (Å²) in [5.41, 5.74) is 0.935. The van der Waals surface area contributed by atoms with E-state index in [0.29, 0.717) is 23.5 Å². The van der Waals surface area contributed by atoms with E-state index in [1.165, 1.54) is 18.6 Å². The number of hydrogen-bond donors (Lipinski definition) is 2. The summed E-state index contributed by atoms with van der Waals surface area (Å²) in [6, 6.07) is 4.98. The van der Waals surface area contributed by atoms with E-state index in [1.807, 2.05) is 0 Å². The quantitative estimate of drug-likeness (QED) is 0.341. The van der Waals surface area contributed by atoms with Gasteiger partial charge in [-0.2, -0.15) is 0 Å². The Labute approximate surface area is 189 Å². The van der Waals surface area contributed by atoms with Gasteiger partial charge in [-0.25, -0.2) is 4.39 Å². The highest BCUT2D eigenvalue weighted by atomic mass is 127. The van der Waals surface area contributed by atoms with E-state index in [-0.39, 0.29) is 29.8 Å². The Morgan fingerprint density at radius 2 is 2.11 bits per heavy atom. The Kier molecular flexibility index (Phi) is 10.3. The van der Waals surface area contributed by atoms with Crippen molar-refractivity contribution < 1.29 is 9.13 Å². The maximum Gasteiger partial charge on any atom is 0.191 e. The van der Waals surface area contributed by atoms with Crippen LogP contribution in [-0.4, -0.2) is 63.3 Å². The summed E-state index contributed by atoms with van der Waals surface area (Å²) in [6.45, 7) is 5.96. The van der Waals surface area contributed by atoms with Crippen molar-refractivity contribution >= 4 is 41.5 Å². The lowest BCUT2D eigenvalue weighted by Crippen LogP contribution is -2.49. The van der Waals surface area contributed by atoms with E-state index in [9.17, 15) is 4.39 Å². The van der Waals surface area contributed by atoms with Gasteiger partial charge in [-0.15, -0.1) is 24.0 Å². The molecule has 2 aliphatic rings. The number of nitrogens with zero attached hydrogens (tertiary/aromatic N) is 2. The number of aliphatic imine (C=N–C) groups is 1. The molecular formula is C20H31ClFIN4O. The van der Waals surface area contributed by atoms with Crippen LogP contribution in [0.4, 0.5) is 4.39 Å². The molecule has 28 heavy (non-hydrogen) atoms. The molecule has 2 aliphatic heterocycles. The molecule has 0 aromatic heterocycles. The van der Waals surface area contributed by atoms with Gasteiger partial charge in [-0.1, -0.05) is 17.7 Å². The second kappa shape index (κ2) is 12.1. The van der Waals surface area contributed by atoms with Gasteiger partial charge in [-0.05, 0) is 49.3 Å². The van der Waals surface area contributed by atoms with Crippen LogP contribution < -0.4 is 10.6 Å². The van der Waals surface area contributed by atoms with E-state index in [1.54, 1.807) is 13.1 Å². The van der Waals surface area contributed by atoms with Gasteiger partial charge in [-0.3, -0.25) is 4.99 Å². The summed E-state index contributed by atoms with van der Waals surface area (Å²) in [7, 11) is 1.79. The first-order chi connectivity index (χ1) is 13.1. The summed E-state index contributed by atoms with van der Waals surface area (Å²) < 4.78 is 18.6. The largest absolute Gasteiger partial charge is 0.381 e. The fourth-order valence-electron chi connectivity index (χ4n) is 3.78. The van der Waals surface area contributed by atoms with Crippen molar-refractivity contribution in [2.45, 2.75) is 31.7 Å². The minimum atomic E-state index is -0.305. The highest BCUT2D eigenvalue weighted by Gasteiger charge is 2.24. The first-order valence-corrected chi connectivity index (χ1v) is 10.2. The van der Waals surface area contributed by atoms with Gasteiger partial charge in [0.2, 0.25) is 0 Å². The van der Waals surface area contributed by atoms with Gasteiger partial charge >= 0.3 is 0 Å². The van der Waals surface area contributed by atoms with Crippen molar-refractivity contribution in [3.05, 3.63) is 34.6 Å². The molecule has 8 heteroatoms. The average Bonchev–Trinajstić information content (AvgIpc) is 3.17. The van der Waals surface area contributed by atoms with E-state index in [4.69, 9.17) is 16.3 Å². The second-order valence-corrected chi connectivity index (χ2v) is 7.84. The number of rotatable bonds is 6. The predicted octanol–water partition coefficient (Wildman–Crippen LogP) is 3.31. The first kappa shape index (κ1) is 23.6. The van der Waals surface area contributed by atoms with E-state index in [2.05, 4.69) is 20.5 Å². The molecule has 1 aromatic rings. The van der Waals surface area contributed by atoms with Crippen LogP contribution in [0.25, 0.3) is 0 Å². The van der Waals surface area contributed by atoms with Crippen LogP contribution in [0.1, 0.15) is 24.8 Å². The lowest BCUT2D eigenvalue weighted by molar-refractivity contribution is 0.150. The zero-order chi connectivity index (χ0) is 19.1. The predicted molar refractivity (Wildman–Crippen MR) is 123 cm³/mol. The minimum absolute atomic E-state index is 0. The standard InChI is InChI=1S/C20H30ClFN4O.HI/c1-23-20(24-8-4-16-2-3-17(22)12-19(16)21)25-18-5-9-26(10-6-18)13-15-7-11-27-14-15;/h2-3,12,15,18H,4-11,13-14H2,1H3,(H2,23,24,25);1H. The first-order valence-electron chi connectivity index (χ1n) is 9.85. The third kappa shape index (κ3) is 7.31. The fourth-order valence-corrected chi connectivity index (χ4v) is 4.04. The van der Waals surface area contributed by atoms with E-state index < -0.39 is 0 Å². The fraction of sp³-hybridized carbons (Fsp3) is 0.650. The molecule has 2 saturated heterocycles. The van der Waals surface area contributed by atoms with Crippen molar-refractivity contribution in [3.63, 3.8) is 0 Å². The monoisotopic (exact) mass is 524 g/mol. The molecular weight excluding hydrogens is 494 g/mol. The Bertz CT molecular complexity index is 635. The normalized spacial score (nSPS) is 21.4. The zero-order valence-corrected chi connectivity index (χ0v) is 19.5. The summed E-state index contributed by atoms with van der Waals surface area (Å²) in [5, 5.41) is 7.33. The lowest BCUT2D eigenvalue weighted by Gasteiger charge is -2.34. The number of nitrogens with one attached hydrogen (secondary N) is 2. The Hall–Kier alpha value is -0.640. The maximum atomic E-state index is 13.1. The number of hydrogen-bond acceptors (Lipinski definition) is 3. The van der Waals surface area contributed by atoms with Gasteiger partial charge in [0.05, 0.1) is 6.61 Å². The molecule has 0 amide bonds. The number of guanidine groups is 1. The van der Waals surface area contributed by atoms with Crippen LogP contribution in [0.15, 0.2) is 23.2 Å². The summed E-state index contributed by atoms with van der Waals surface area (Å²) in [4.78, 5) is 6.88. The Balaban J connectivity index is 0.00000280. The molecule has 0 saturated carbocycles. The van der Waals surface area contributed by atoms with Crippen molar-refractivity contribution in [2.75, 3.05) is 46.4 Å². The molecule has 5 nitrogen and oxygen atoms in total. The third-order valence-corrected chi connectivity index (χ3v) is 5.75. The SMILES string of the molecule is CN=C(NCCc1ccc(F)cc1Cl)NC1CCN(CC2CCOC2)CC1.I. The molecule has 0 aliphatic carbocycles. The average molecular weight is 525 g/mol.